The van der Waals surface area contributed by atoms with E-state index in [1.807, 2.05) is 52.3 Å². The molecular formula is C24H24F2N4O. The largest absolute Gasteiger partial charge is 0.371 e. The Morgan fingerprint density at radius 1 is 1.10 bits per heavy atom. The maximum Gasteiger partial charge on any atom is 0.251 e. The van der Waals surface area contributed by atoms with Crippen molar-refractivity contribution in [3.63, 3.8) is 0 Å². The van der Waals surface area contributed by atoms with E-state index in [1.54, 1.807) is 12.4 Å². The summed E-state index contributed by atoms with van der Waals surface area (Å²) in [6, 6.07) is 13.6. The second-order valence-corrected chi connectivity index (χ2v) is 8.22. The summed E-state index contributed by atoms with van der Waals surface area (Å²) >= 11 is 0. The minimum atomic E-state index is -2.56. The van der Waals surface area contributed by atoms with E-state index in [9.17, 15) is 13.6 Å². The molecule has 3 heterocycles. The number of benzene rings is 2. The molecule has 7 heteroatoms. The van der Waals surface area contributed by atoms with Crippen LogP contribution in [0.5, 0.6) is 0 Å². The fourth-order valence-electron chi connectivity index (χ4n) is 4.57. The van der Waals surface area contributed by atoms with Crippen LogP contribution in [0, 0.1) is 0 Å². The maximum absolute atomic E-state index is 13.5. The van der Waals surface area contributed by atoms with Crippen molar-refractivity contribution in [3.05, 3.63) is 66.0 Å². The van der Waals surface area contributed by atoms with Gasteiger partial charge in [-0.25, -0.2) is 13.8 Å². The number of aromatic amines is 1. The molecule has 1 N–H and O–H groups in total. The van der Waals surface area contributed by atoms with Gasteiger partial charge in [0.05, 0.1) is 23.4 Å². The van der Waals surface area contributed by atoms with Crippen LogP contribution < -0.4 is 9.80 Å². The van der Waals surface area contributed by atoms with Gasteiger partial charge in [0, 0.05) is 43.4 Å². The molecule has 0 bridgehead atoms. The topological polar surface area (TPSA) is 52.2 Å². The molecule has 5 rings (SSSR count). The molecule has 0 radical (unpaired) electrons. The highest BCUT2D eigenvalue weighted by molar-refractivity contribution is 6.06. The highest BCUT2D eigenvalue weighted by Gasteiger charge is 2.36. The Morgan fingerprint density at radius 3 is 2.52 bits per heavy atom. The normalized spacial score (nSPS) is 21.1. The van der Waals surface area contributed by atoms with E-state index in [0.29, 0.717) is 13.1 Å². The first-order chi connectivity index (χ1) is 14.9. The van der Waals surface area contributed by atoms with Crippen molar-refractivity contribution >= 4 is 28.3 Å². The van der Waals surface area contributed by atoms with Crippen molar-refractivity contribution in [1.82, 2.24) is 9.97 Å². The molecule has 2 aromatic carbocycles. The van der Waals surface area contributed by atoms with Gasteiger partial charge >= 0.3 is 0 Å². The van der Waals surface area contributed by atoms with Crippen LogP contribution in [0.2, 0.25) is 0 Å². The third-order valence-corrected chi connectivity index (χ3v) is 6.31. The Kier molecular flexibility index (Phi) is 4.76. The first-order valence-corrected chi connectivity index (χ1v) is 10.6. The number of piperidine rings is 1. The van der Waals surface area contributed by atoms with E-state index in [2.05, 4.69) is 16.9 Å². The Bertz CT molecular complexity index is 1140. The lowest BCUT2D eigenvalue weighted by Gasteiger charge is -2.34. The van der Waals surface area contributed by atoms with Gasteiger partial charge in [-0.1, -0.05) is 19.1 Å². The number of nitrogens with zero attached hydrogens (tertiary/aromatic N) is 3. The summed E-state index contributed by atoms with van der Waals surface area (Å²) in [5.74, 6) is -2.60. The van der Waals surface area contributed by atoms with Crippen molar-refractivity contribution in [1.29, 1.82) is 0 Å². The maximum atomic E-state index is 13.5. The second kappa shape index (κ2) is 7.48. The average Bonchev–Trinajstić information content (AvgIpc) is 3.37. The molecule has 2 aliphatic rings. The molecule has 1 unspecified atom stereocenters. The number of hydrogen-bond acceptors (Lipinski definition) is 3. The summed E-state index contributed by atoms with van der Waals surface area (Å²) in [5.41, 5.74) is 5.55. The summed E-state index contributed by atoms with van der Waals surface area (Å²) in [4.78, 5) is 24.1. The second-order valence-electron chi connectivity index (χ2n) is 8.22. The van der Waals surface area contributed by atoms with Gasteiger partial charge in [-0.2, -0.15) is 0 Å². The van der Waals surface area contributed by atoms with Crippen molar-refractivity contribution in [2.24, 2.45) is 0 Å². The lowest BCUT2D eigenvalue weighted by Crippen LogP contribution is -2.39. The Hall–Kier alpha value is -3.22. The number of carbonyl (C=O) groups is 1. The van der Waals surface area contributed by atoms with E-state index >= 15 is 0 Å². The quantitative estimate of drug-likeness (QED) is 0.627. The van der Waals surface area contributed by atoms with Crippen molar-refractivity contribution in [2.75, 3.05) is 22.9 Å². The number of alkyl halides is 2. The SMILES string of the molecule is CCC1=CC(=O)N(c2ccc3nc[nH]c3c2)C1c1ccc(N2CCC(F)(F)CC2)cc1. The minimum Gasteiger partial charge on any atom is -0.371 e. The number of carbonyl (C=O) groups excluding carboxylic acids is 1. The van der Waals surface area contributed by atoms with Crippen LogP contribution in [0.3, 0.4) is 0 Å². The zero-order valence-corrected chi connectivity index (χ0v) is 17.3. The summed E-state index contributed by atoms with van der Waals surface area (Å²) in [5, 5.41) is 0. The van der Waals surface area contributed by atoms with Gasteiger partial charge < -0.3 is 9.88 Å². The third-order valence-electron chi connectivity index (χ3n) is 6.31. The monoisotopic (exact) mass is 422 g/mol. The zero-order valence-electron chi connectivity index (χ0n) is 17.3. The molecule has 1 fully saturated rings. The molecule has 0 saturated carbocycles. The van der Waals surface area contributed by atoms with Crippen LogP contribution in [0.25, 0.3) is 11.0 Å². The molecule has 0 aliphatic carbocycles. The van der Waals surface area contributed by atoms with E-state index < -0.39 is 5.92 Å². The Morgan fingerprint density at radius 2 is 1.81 bits per heavy atom. The minimum absolute atomic E-state index is 0.0388. The highest BCUT2D eigenvalue weighted by atomic mass is 19.3. The van der Waals surface area contributed by atoms with Crippen LogP contribution >= 0.6 is 0 Å². The van der Waals surface area contributed by atoms with Crippen LogP contribution in [-0.4, -0.2) is 34.9 Å². The average molecular weight is 422 g/mol. The summed E-state index contributed by atoms with van der Waals surface area (Å²) in [7, 11) is 0. The van der Waals surface area contributed by atoms with E-state index in [0.717, 1.165) is 40.0 Å². The van der Waals surface area contributed by atoms with E-state index in [-0.39, 0.29) is 24.8 Å². The molecule has 0 spiro atoms. The number of hydrogen-bond donors (Lipinski definition) is 1. The first-order valence-electron chi connectivity index (χ1n) is 10.6. The van der Waals surface area contributed by atoms with E-state index in [4.69, 9.17) is 0 Å². The molecule has 3 aromatic rings. The predicted molar refractivity (Wildman–Crippen MR) is 118 cm³/mol. The molecule has 160 valence electrons. The standard InChI is InChI=1S/C24H24F2N4O/c1-2-16-13-22(31)30(19-7-8-20-21(14-19)28-15-27-20)23(16)17-3-5-18(6-4-17)29-11-9-24(25,26)10-12-29/h3-8,13-15,23H,2,9-12H2,1H3,(H,27,28). The third kappa shape index (κ3) is 3.58. The number of nitrogens with one attached hydrogen (secondary N) is 1. The van der Waals surface area contributed by atoms with Crippen molar-refractivity contribution in [2.45, 2.75) is 38.2 Å². The number of rotatable bonds is 4. The number of imidazole rings is 1. The molecule has 1 saturated heterocycles. The van der Waals surface area contributed by atoms with Crippen molar-refractivity contribution < 1.29 is 13.6 Å². The van der Waals surface area contributed by atoms with Gasteiger partial charge in [-0.15, -0.1) is 0 Å². The lowest BCUT2D eigenvalue weighted by molar-refractivity contribution is -0.113. The van der Waals surface area contributed by atoms with Gasteiger partial charge in [0.25, 0.3) is 11.8 Å². The van der Waals surface area contributed by atoms with E-state index in [1.165, 1.54) is 0 Å². The van der Waals surface area contributed by atoms with Gasteiger partial charge in [-0.3, -0.25) is 9.69 Å². The number of amides is 1. The molecule has 2 aliphatic heterocycles. The zero-order chi connectivity index (χ0) is 21.6. The van der Waals surface area contributed by atoms with Gasteiger partial charge in [0.2, 0.25) is 0 Å². The number of halogens is 2. The molecule has 31 heavy (non-hydrogen) atoms. The fourth-order valence-corrected chi connectivity index (χ4v) is 4.57. The van der Waals surface area contributed by atoms with Crippen LogP contribution in [0.4, 0.5) is 20.2 Å². The number of H-pyrrole nitrogens is 1. The van der Waals surface area contributed by atoms with Crippen LogP contribution in [-0.2, 0) is 4.79 Å². The predicted octanol–water partition coefficient (Wildman–Crippen LogP) is 5.22. The molecule has 1 aromatic heterocycles. The number of aromatic nitrogens is 2. The molecule has 1 amide bonds. The summed E-state index contributed by atoms with van der Waals surface area (Å²) in [6.45, 7) is 2.76. The van der Waals surface area contributed by atoms with Crippen LogP contribution in [0.1, 0.15) is 37.8 Å². The van der Waals surface area contributed by atoms with Crippen LogP contribution in [0.15, 0.2) is 60.4 Å². The molecular weight excluding hydrogens is 398 g/mol. The molecule has 5 nitrogen and oxygen atoms in total. The number of anilines is 2. The Labute approximate surface area is 179 Å². The fraction of sp³-hybridized carbons (Fsp3) is 0.333. The molecule has 1 atom stereocenters. The lowest BCUT2D eigenvalue weighted by atomic mass is 9.97. The number of fused-ring (bicyclic) bond motifs is 1. The Balaban J connectivity index is 1.44. The van der Waals surface area contributed by atoms with Crippen molar-refractivity contribution in [3.8, 4) is 0 Å². The first kappa shape index (κ1) is 19.7. The summed E-state index contributed by atoms with van der Waals surface area (Å²) < 4.78 is 27.0. The van der Waals surface area contributed by atoms with Gasteiger partial charge in [0.1, 0.15) is 0 Å². The smallest absolute Gasteiger partial charge is 0.251 e. The highest BCUT2D eigenvalue weighted by Crippen LogP contribution is 2.40. The van der Waals surface area contributed by atoms with Gasteiger partial charge in [-0.05, 0) is 47.9 Å². The summed E-state index contributed by atoms with van der Waals surface area (Å²) in [6.07, 6.45) is 3.91. The van der Waals surface area contributed by atoms with Gasteiger partial charge in [0.15, 0.2) is 0 Å².